The van der Waals surface area contributed by atoms with E-state index in [0.29, 0.717) is 23.3 Å². The maximum atomic E-state index is 6.01. The van der Waals surface area contributed by atoms with Gasteiger partial charge in [-0.15, -0.1) is 0 Å². The molecule has 3 atom stereocenters. The van der Waals surface area contributed by atoms with Crippen molar-refractivity contribution in [2.24, 2.45) is 11.3 Å². The summed E-state index contributed by atoms with van der Waals surface area (Å²) in [5.74, 6) is 2.45. The Bertz CT molecular complexity index is 466. The molecule has 1 heterocycles. The highest BCUT2D eigenvalue weighted by atomic mass is 16.5. The summed E-state index contributed by atoms with van der Waals surface area (Å²) >= 11 is 0. The topological polar surface area (TPSA) is 21.3 Å². The Morgan fingerprint density at radius 2 is 1.95 bits per heavy atom. The summed E-state index contributed by atoms with van der Waals surface area (Å²) in [6.07, 6.45) is 3.70. The maximum absolute atomic E-state index is 6.01. The van der Waals surface area contributed by atoms with Crippen molar-refractivity contribution in [3.63, 3.8) is 0 Å². The van der Waals surface area contributed by atoms with Gasteiger partial charge in [-0.05, 0) is 42.9 Å². The zero-order valence-corrected chi connectivity index (χ0v) is 13.0. The number of ether oxygens (including phenoxy) is 1. The summed E-state index contributed by atoms with van der Waals surface area (Å²) in [7, 11) is 0. The Labute approximate surface area is 122 Å². The van der Waals surface area contributed by atoms with Gasteiger partial charge in [-0.2, -0.15) is 0 Å². The molecule has 20 heavy (non-hydrogen) atoms. The Balaban J connectivity index is 1.94. The molecule has 1 N–H and O–H groups in total. The highest BCUT2D eigenvalue weighted by molar-refractivity contribution is 5.43. The molecule has 2 aliphatic rings. The molecule has 0 saturated heterocycles. The van der Waals surface area contributed by atoms with Crippen molar-refractivity contribution in [1.82, 2.24) is 5.32 Å². The maximum Gasteiger partial charge on any atom is 0.122 e. The fourth-order valence-corrected chi connectivity index (χ4v) is 4.69. The van der Waals surface area contributed by atoms with Crippen LogP contribution in [0.4, 0.5) is 0 Å². The Kier molecular flexibility index (Phi) is 3.76. The summed E-state index contributed by atoms with van der Waals surface area (Å²) in [6, 6.07) is 9.28. The number of para-hydroxylation sites is 1. The van der Waals surface area contributed by atoms with Crippen LogP contribution in [0.3, 0.4) is 0 Å². The Hall–Kier alpha value is -1.02. The molecule has 0 spiro atoms. The van der Waals surface area contributed by atoms with Crippen LogP contribution in [0, 0.1) is 11.3 Å². The molecule has 1 aromatic carbocycles. The lowest BCUT2D eigenvalue weighted by Gasteiger charge is -2.63. The van der Waals surface area contributed by atoms with Gasteiger partial charge < -0.3 is 10.1 Å². The molecule has 110 valence electrons. The molecule has 0 radical (unpaired) electrons. The molecule has 3 rings (SSSR count). The van der Waals surface area contributed by atoms with E-state index < -0.39 is 0 Å². The van der Waals surface area contributed by atoms with Crippen LogP contribution in [0.1, 0.15) is 51.5 Å². The van der Waals surface area contributed by atoms with E-state index >= 15 is 0 Å². The van der Waals surface area contributed by atoms with Gasteiger partial charge in [0.15, 0.2) is 0 Å². The van der Waals surface area contributed by atoms with Crippen LogP contribution in [-0.2, 0) is 0 Å². The van der Waals surface area contributed by atoms with Crippen molar-refractivity contribution >= 4 is 0 Å². The van der Waals surface area contributed by atoms with Gasteiger partial charge in [0.25, 0.3) is 0 Å². The van der Waals surface area contributed by atoms with Crippen LogP contribution in [0.2, 0.25) is 0 Å². The average Bonchev–Trinajstić information content (AvgIpc) is 2.49. The molecule has 0 aromatic heterocycles. The lowest BCUT2D eigenvalue weighted by molar-refractivity contribution is -0.0798. The molecule has 0 amide bonds. The van der Waals surface area contributed by atoms with Crippen molar-refractivity contribution in [2.75, 3.05) is 13.2 Å². The summed E-state index contributed by atoms with van der Waals surface area (Å²) in [5.41, 5.74) is 1.86. The van der Waals surface area contributed by atoms with Crippen molar-refractivity contribution < 1.29 is 4.74 Å². The van der Waals surface area contributed by atoms with E-state index in [2.05, 4.69) is 50.4 Å². The van der Waals surface area contributed by atoms with Gasteiger partial charge in [0, 0.05) is 17.9 Å². The minimum Gasteiger partial charge on any atom is -0.493 e. The van der Waals surface area contributed by atoms with Gasteiger partial charge in [-0.3, -0.25) is 0 Å². The number of hydrogen-bond donors (Lipinski definition) is 1. The second-order valence-corrected chi connectivity index (χ2v) is 6.36. The van der Waals surface area contributed by atoms with Crippen LogP contribution in [0.5, 0.6) is 5.75 Å². The molecule has 1 fully saturated rings. The third-order valence-electron chi connectivity index (χ3n) is 5.71. The SMILES string of the molecule is CCCNC1C2COc3ccccc3C2C1(CC)CC. The quantitative estimate of drug-likeness (QED) is 0.876. The predicted octanol–water partition coefficient (Wildman–Crippen LogP) is 3.97. The van der Waals surface area contributed by atoms with Crippen molar-refractivity contribution in [3.8, 4) is 5.75 Å². The minimum atomic E-state index is 0.416. The molecule has 1 aliphatic carbocycles. The molecule has 2 nitrogen and oxygen atoms in total. The van der Waals surface area contributed by atoms with Crippen molar-refractivity contribution in [3.05, 3.63) is 29.8 Å². The van der Waals surface area contributed by atoms with Crippen molar-refractivity contribution in [1.29, 1.82) is 0 Å². The first-order valence-electron chi connectivity index (χ1n) is 8.23. The highest BCUT2D eigenvalue weighted by Gasteiger charge is 2.61. The largest absolute Gasteiger partial charge is 0.493 e. The molecule has 1 aliphatic heterocycles. The predicted molar refractivity (Wildman–Crippen MR) is 83.3 cm³/mol. The van der Waals surface area contributed by atoms with Gasteiger partial charge in [-0.1, -0.05) is 39.0 Å². The van der Waals surface area contributed by atoms with Gasteiger partial charge >= 0.3 is 0 Å². The van der Waals surface area contributed by atoms with E-state index in [9.17, 15) is 0 Å². The zero-order chi connectivity index (χ0) is 14.2. The number of rotatable bonds is 5. The fourth-order valence-electron chi connectivity index (χ4n) is 4.69. The first-order valence-corrected chi connectivity index (χ1v) is 8.23. The van der Waals surface area contributed by atoms with E-state index in [1.54, 1.807) is 0 Å². The third-order valence-corrected chi connectivity index (χ3v) is 5.71. The second-order valence-electron chi connectivity index (χ2n) is 6.36. The van der Waals surface area contributed by atoms with E-state index in [4.69, 9.17) is 4.74 Å². The monoisotopic (exact) mass is 273 g/mol. The van der Waals surface area contributed by atoms with E-state index in [1.165, 1.54) is 24.8 Å². The van der Waals surface area contributed by atoms with Crippen LogP contribution in [0.25, 0.3) is 0 Å². The van der Waals surface area contributed by atoms with Crippen molar-refractivity contribution in [2.45, 2.75) is 52.0 Å². The first-order chi connectivity index (χ1) is 9.78. The van der Waals surface area contributed by atoms with E-state index in [0.717, 1.165) is 18.9 Å². The second kappa shape index (κ2) is 5.40. The zero-order valence-electron chi connectivity index (χ0n) is 13.0. The van der Waals surface area contributed by atoms with Gasteiger partial charge in [0.2, 0.25) is 0 Å². The Morgan fingerprint density at radius 3 is 2.65 bits per heavy atom. The normalized spacial score (nSPS) is 29.9. The lowest BCUT2D eigenvalue weighted by atomic mass is 9.45. The average molecular weight is 273 g/mol. The van der Waals surface area contributed by atoms with Crippen LogP contribution in [-0.4, -0.2) is 19.2 Å². The molecule has 1 saturated carbocycles. The van der Waals surface area contributed by atoms with Gasteiger partial charge in [0.05, 0.1) is 6.61 Å². The smallest absolute Gasteiger partial charge is 0.122 e. The molecular weight excluding hydrogens is 246 g/mol. The van der Waals surface area contributed by atoms with Crippen LogP contribution >= 0.6 is 0 Å². The molecule has 0 bridgehead atoms. The van der Waals surface area contributed by atoms with Gasteiger partial charge in [-0.25, -0.2) is 0 Å². The summed E-state index contributed by atoms with van der Waals surface area (Å²) in [5, 5.41) is 3.81. The first kappa shape index (κ1) is 13.9. The number of hydrogen-bond acceptors (Lipinski definition) is 2. The van der Waals surface area contributed by atoms with Crippen LogP contribution < -0.4 is 10.1 Å². The fraction of sp³-hybridized carbons (Fsp3) is 0.667. The summed E-state index contributed by atoms with van der Waals surface area (Å²) in [6.45, 7) is 8.97. The molecule has 1 aromatic rings. The van der Waals surface area contributed by atoms with E-state index in [1.807, 2.05) is 0 Å². The lowest BCUT2D eigenvalue weighted by Crippen LogP contribution is -2.67. The van der Waals surface area contributed by atoms with E-state index in [-0.39, 0.29) is 0 Å². The Morgan fingerprint density at radius 1 is 1.20 bits per heavy atom. The van der Waals surface area contributed by atoms with Gasteiger partial charge in [0.1, 0.15) is 5.75 Å². The molecule has 2 heteroatoms. The summed E-state index contributed by atoms with van der Waals surface area (Å²) < 4.78 is 6.01. The highest BCUT2D eigenvalue weighted by Crippen LogP contribution is 2.63. The third kappa shape index (κ3) is 1.81. The van der Waals surface area contributed by atoms with Crippen LogP contribution in [0.15, 0.2) is 24.3 Å². The number of fused-ring (bicyclic) bond motifs is 3. The molecule has 3 unspecified atom stereocenters. The number of benzene rings is 1. The molecular formula is C18H27NO. The number of nitrogens with one attached hydrogen (secondary N) is 1. The standard InChI is InChI=1S/C18H27NO/c1-4-11-19-17-14-12-20-15-10-8-7-9-13(15)16(14)18(17,5-2)6-3/h7-10,14,16-17,19H,4-6,11-12H2,1-3H3. The minimum absolute atomic E-state index is 0.416. The summed E-state index contributed by atoms with van der Waals surface area (Å²) in [4.78, 5) is 0.